The molecule has 0 heterocycles. The monoisotopic (exact) mass is 301 g/mol. The van der Waals surface area contributed by atoms with Gasteiger partial charge in [-0.25, -0.2) is 4.79 Å². The Morgan fingerprint density at radius 2 is 2.50 bits per heavy atom. The lowest BCUT2D eigenvalue weighted by atomic mass is 9.98. The molecular formula is C10H8INO2. The quantitative estimate of drug-likeness (QED) is 0.484. The Labute approximate surface area is 95.6 Å². The maximum atomic E-state index is 10.5. The van der Waals surface area contributed by atoms with Gasteiger partial charge in [-0.1, -0.05) is 24.3 Å². The summed E-state index contributed by atoms with van der Waals surface area (Å²) in [6, 6.07) is 1.67. The van der Waals surface area contributed by atoms with E-state index in [-0.39, 0.29) is 11.5 Å². The summed E-state index contributed by atoms with van der Waals surface area (Å²) in [5.74, 6) is -1.13. The van der Waals surface area contributed by atoms with Crippen LogP contribution >= 0.6 is 22.6 Å². The van der Waals surface area contributed by atoms with Crippen LogP contribution in [0.2, 0.25) is 0 Å². The minimum atomic E-state index is -1.16. The van der Waals surface area contributed by atoms with Crippen LogP contribution in [-0.2, 0) is 4.79 Å². The summed E-state index contributed by atoms with van der Waals surface area (Å²) in [4.78, 5) is 10.5. The van der Waals surface area contributed by atoms with E-state index in [0.717, 1.165) is 10.0 Å². The van der Waals surface area contributed by atoms with Crippen molar-refractivity contribution in [2.75, 3.05) is 0 Å². The topological polar surface area (TPSA) is 61.1 Å². The van der Waals surface area contributed by atoms with E-state index in [9.17, 15) is 4.79 Å². The van der Waals surface area contributed by atoms with E-state index in [1.165, 1.54) is 6.08 Å². The van der Waals surface area contributed by atoms with E-state index >= 15 is 0 Å². The average Bonchev–Trinajstić information content (AvgIpc) is 2.16. The molecule has 1 N–H and O–H groups in total. The summed E-state index contributed by atoms with van der Waals surface area (Å²) in [5.41, 5.74) is -0.190. The van der Waals surface area contributed by atoms with Crippen molar-refractivity contribution in [2.45, 2.75) is 6.42 Å². The molecule has 0 saturated heterocycles. The van der Waals surface area contributed by atoms with E-state index < -0.39 is 5.97 Å². The first-order valence-corrected chi connectivity index (χ1v) is 5.10. The highest BCUT2D eigenvalue weighted by atomic mass is 127. The van der Waals surface area contributed by atoms with Crippen LogP contribution < -0.4 is 0 Å². The highest BCUT2D eigenvalue weighted by molar-refractivity contribution is 14.1. The number of hydrogen-bond acceptors (Lipinski definition) is 2. The fraction of sp³-hybridized carbons (Fsp3) is 0.200. The maximum Gasteiger partial charge on any atom is 0.346 e. The van der Waals surface area contributed by atoms with E-state index in [1.807, 2.05) is 18.2 Å². The van der Waals surface area contributed by atoms with Crippen LogP contribution in [0.25, 0.3) is 0 Å². The Morgan fingerprint density at radius 3 is 2.93 bits per heavy atom. The van der Waals surface area contributed by atoms with Crippen molar-refractivity contribution in [3.05, 3.63) is 33.5 Å². The number of allylic oxidation sites excluding steroid dienone is 5. The van der Waals surface area contributed by atoms with Crippen molar-refractivity contribution in [2.24, 2.45) is 5.92 Å². The molecule has 0 aromatic carbocycles. The number of nitriles is 1. The van der Waals surface area contributed by atoms with Crippen LogP contribution in [0.1, 0.15) is 6.42 Å². The zero-order chi connectivity index (χ0) is 10.6. The number of carboxylic acids is 1. The molecule has 0 saturated carbocycles. The minimum Gasteiger partial charge on any atom is -0.477 e. The smallest absolute Gasteiger partial charge is 0.346 e. The second-order valence-corrected chi connectivity index (χ2v) is 4.09. The molecule has 3 nitrogen and oxygen atoms in total. The third-order valence-corrected chi connectivity index (χ3v) is 2.62. The highest BCUT2D eigenvalue weighted by Crippen LogP contribution is 2.22. The largest absolute Gasteiger partial charge is 0.477 e. The molecule has 0 spiro atoms. The first kappa shape index (κ1) is 11.0. The SMILES string of the molecule is N#C/C(=C\C1C=CC(I)=CC1)C(=O)O. The van der Waals surface area contributed by atoms with Crippen molar-refractivity contribution in [3.63, 3.8) is 0 Å². The van der Waals surface area contributed by atoms with Crippen molar-refractivity contribution in [1.29, 1.82) is 5.26 Å². The molecule has 14 heavy (non-hydrogen) atoms. The summed E-state index contributed by atoms with van der Waals surface area (Å²) in [7, 11) is 0. The van der Waals surface area contributed by atoms with Crippen molar-refractivity contribution in [3.8, 4) is 6.07 Å². The molecule has 0 fully saturated rings. The average molecular weight is 301 g/mol. The highest BCUT2D eigenvalue weighted by Gasteiger charge is 2.10. The second kappa shape index (κ2) is 4.96. The van der Waals surface area contributed by atoms with Gasteiger partial charge in [-0.2, -0.15) is 5.26 Å². The molecule has 1 aliphatic rings. The van der Waals surface area contributed by atoms with E-state index in [4.69, 9.17) is 10.4 Å². The van der Waals surface area contributed by atoms with Crippen molar-refractivity contribution in [1.82, 2.24) is 0 Å². The maximum absolute atomic E-state index is 10.5. The van der Waals surface area contributed by atoms with Crippen molar-refractivity contribution < 1.29 is 9.90 Å². The lowest BCUT2D eigenvalue weighted by molar-refractivity contribution is -0.132. The number of hydrogen-bond donors (Lipinski definition) is 1. The van der Waals surface area contributed by atoms with Gasteiger partial charge < -0.3 is 5.11 Å². The molecule has 1 rings (SSSR count). The Bertz CT molecular complexity index is 374. The Kier molecular flexibility index (Phi) is 3.89. The number of carboxylic acid groups (broad SMARTS) is 1. The summed E-state index contributed by atoms with van der Waals surface area (Å²) in [6.45, 7) is 0. The van der Waals surface area contributed by atoms with Crippen LogP contribution in [-0.4, -0.2) is 11.1 Å². The van der Waals surface area contributed by atoms with Crippen LogP contribution in [0.4, 0.5) is 0 Å². The fourth-order valence-corrected chi connectivity index (χ4v) is 1.57. The Balaban J connectivity index is 2.75. The van der Waals surface area contributed by atoms with Gasteiger partial charge in [0.1, 0.15) is 11.6 Å². The standard InChI is InChI=1S/C10H8INO2/c11-9-3-1-7(2-4-9)5-8(6-12)10(13)14/h1,3-5,7H,2H2,(H,13,14)/b8-5+. The fourth-order valence-electron chi connectivity index (χ4n) is 1.10. The van der Waals surface area contributed by atoms with E-state index in [1.54, 1.807) is 6.07 Å². The Hall–Kier alpha value is -1.09. The number of halogens is 1. The normalized spacial score (nSPS) is 21.3. The van der Waals surface area contributed by atoms with E-state index in [2.05, 4.69) is 22.6 Å². The van der Waals surface area contributed by atoms with Gasteiger partial charge in [0.2, 0.25) is 0 Å². The molecule has 4 heteroatoms. The molecule has 1 unspecified atom stereocenters. The second-order valence-electron chi connectivity index (χ2n) is 2.84. The predicted octanol–water partition coefficient (Wildman–Crippen LogP) is 2.42. The van der Waals surface area contributed by atoms with Gasteiger partial charge in [-0.15, -0.1) is 0 Å². The first-order chi connectivity index (χ1) is 6.63. The molecule has 72 valence electrons. The lowest BCUT2D eigenvalue weighted by Crippen LogP contribution is -2.02. The molecule has 1 aliphatic carbocycles. The van der Waals surface area contributed by atoms with Gasteiger partial charge >= 0.3 is 5.97 Å². The lowest BCUT2D eigenvalue weighted by Gasteiger charge is -2.09. The number of nitrogens with zero attached hydrogens (tertiary/aromatic N) is 1. The zero-order valence-corrected chi connectivity index (χ0v) is 9.43. The molecule has 0 aromatic rings. The van der Waals surface area contributed by atoms with Gasteiger partial charge in [0.05, 0.1) is 0 Å². The van der Waals surface area contributed by atoms with Gasteiger partial charge in [-0.05, 0) is 29.0 Å². The van der Waals surface area contributed by atoms with Gasteiger partial charge in [0.15, 0.2) is 0 Å². The molecule has 0 bridgehead atoms. The molecule has 0 aliphatic heterocycles. The van der Waals surface area contributed by atoms with Crippen molar-refractivity contribution >= 4 is 28.6 Å². The molecule has 0 radical (unpaired) electrons. The van der Waals surface area contributed by atoms with Crippen LogP contribution in [0.3, 0.4) is 0 Å². The van der Waals surface area contributed by atoms with Gasteiger partial charge in [-0.3, -0.25) is 0 Å². The number of rotatable bonds is 2. The molecule has 0 aromatic heterocycles. The third-order valence-electron chi connectivity index (χ3n) is 1.82. The number of aliphatic carboxylic acids is 1. The summed E-state index contributed by atoms with van der Waals surface area (Å²) in [6.07, 6.45) is 8.08. The van der Waals surface area contributed by atoms with Gasteiger partial charge in [0.25, 0.3) is 0 Å². The summed E-state index contributed by atoms with van der Waals surface area (Å²) >= 11 is 2.20. The van der Waals surface area contributed by atoms with Crippen LogP contribution in [0.5, 0.6) is 0 Å². The third kappa shape index (κ3) is 3.00. The summed E-state index contributed by atoms with van der Waals surface area (Å²) < 4.78 is 1.14. The number of carbonyl (C=O) groups is 1. The molecular weight excluding hydrogens is 293 g/mol. The predicted molar refractivity (Wildman–Crippen MR) is 60.7 cm³/mol. The summed E-state index contributed by atoms with van der Waals surface area (Å²) in [5, 5.41) is 17.2. The van der Waals surface area contributed by atoms with Gasteiger partial charge in [0, 0.05) is 9.50 Å². The molecule has 1 atom stereocenters. The first-order valence-electron chi connectivity index (χ1n) is 4.02. The Morgan fingerprint density at radius 1 is 1.79 bits per heavy atom. The van der Waals surface area contributed by atoms with Crippen LogP contribution in [0.15, 0.2) is 33.5 Å². The zero-order valence-electron chi connectivity index (χ0n) is 7.27. The molecule has 0 amide bonds. The van der Waals surface area contributed by atoms with Crippen LogP contribution in [0, 0.1) is 17.2 Å². The minimum absolute atomic E-state index is 0.0271. The van der Waals surface area contributed by atoms with E-state index in [0.29, 0.717) is 0 Å².